The molecule has 1 saturated heterocycles. The summed E-state index contributed by atoms with van der Waals surface area (Å²) in [6, 6.07) is 0. The molecule has 4 heteroatoms. The Labute approximate surface area is 112 Å². The van der Waals surface area contributed by atoms with E-state index < -0.39 is 0 Å². The molecule has 0 aromatic carbocycles. The molecule has 2 unspecified atom stereocenters. The summed E-state index contributed by atoms with van der Waals surface area (Å²) in [4.78, 5) is 1.44. The lowest BCUT2D eigenvalue weighted by atomic mass is 9.77. The molecular formula is C14H19N2OS+. The minimum absolute atomic E-state index is 0.397. The Balaban J connectivity index is 1.88. The first-order valence-corrected chi connectivity index (χ1v) is 7.44. The maximum atomic E-state index is 5.78. The highest BCUT2D eigenvalue weighted by Gasteiger charge is 2.35. The van der Waals surface area contributed by atoms with Crippen LogP contribution in [0.2, 0.25) is 0 Å². The maximum absolute atomic E-state index is 5.78. The third-order valence-corrected chi connectivity index (χ3v) is 4.67. The van der Waals surface area contributed by atoms with Gasteiger partial charge in [-0.25, -0.2) is 0 Å². The average Bonchev–Trinajstić information content (AvgIpc) is 2.93. The molecule has 0 saturated carbocycles. The van der Waals surface area contributed by atoms with Crippen LogP contribution in [0.25, 0.3) is 0 Å². The van der Waals surface area contributed by atoms with Crippen LogP contribution in [0.3, 0.4) is 0 Å². The molecule has 1 aliphatic carbocycles. The fraction of sp³-hybridized carbons (Fsp3) is 0.429. The van der Waals surface area contributed by atoms with E-state index in [1.807, 2.05) is 25.0 Å². The summed E-state index contributed by atoms with van der Waals surface area (Å²) >= 11 is 1.95. The molecule has 2 aliphatic heterocycles. The number of quaternary nitrogens is 1. The Morgan fingerprint density at radius 3 is 3.28 bits per heavy atom. The number of thioether (sulfide) groups is 1. The van der Waals surface area contributed by atoms with Crippen LogP contribution < -0.4 is 10.6 Å². The van der Waals surface area contributed by atoms with Crippen molar-refractivity contribution in [3.05, 3.63) is 46.9 Å². The summed E-state index contributed by atoms with van der Waals surface area (Å²) in [5.74, 6) is 3.16. The van der Waals surface area contributed by atoms with Crippen LogP contribution in [0, 0.1) is 11.8 Å². The molecule has 3 N–H and O–H groups in total. The molecule has 0 aromatic heterocycles. The van der Waals surface area contributed by atoms with Gasteiger partial charge in [0.05, 0.1) is 11.5 Å². The predicted molar refractivity (Wildman–Crippen MR) is 74.4 cm³/mol. The molecule has 3 aliphatic rings. The number of allylic oxidation sites excluding steroid dienone is 4. The highest BCUT2D eigenvalue weighted by molar-refractivity contribution is 8.03. The van der Waals surface area contributed by atoms with Crippen LogP contribution in [0.4, 0.5) is 0 Å². The van der Waals surface area contributed by atoms with Gasteiger partial charge < -0.3 is 15.4 Å². The van der Waals surface area contributed by atoms with Crippen molar-refractivity contribution in [3.63, 3.8) is 0 Å². The van der Waals surface area contributed by atoms with Crippen LogP contribution in [-0.4, -0.2) is 19.5 Å². The zero-order valence-corrected chi connectivity index (χ0v) is 11.4. The van der Waals surface area contributed by atoms with Crippen molar-refractivity contribution >= 4 is 11.8 Å². The quantitative estimate of drug-likeness (QED) is 0.789. The SMILES string of the molecule is CNC=C1OCCC2C(C3=C[NH2+]CS3)=CC=CC12. The van der Waals surface area contributed by atoms with Crippen molar-refractivity contribution in [2.45, 2.75) is 6.42 Å². The zero-order chi connectivity index (χ0) is 12.4. The molecule has 0 amide bonds. The Bertz CT molecular complexity index is 451. The van der Waals surface area contributed by atoms with Crippen molar-refractivity contribution < 1.29 is 10.1 Å². The predicted octanol–water partition coefficient (Wildman–Crippen LogP) is 1.31. The molecule has 3 rings (SSSR count). The summed E-state index contributed by atoms with van der Waals surface area (Å²) in [6.45, 7) is 0.821. The molecule has 0 aromatic rings. The van der Waals surface area contributed by atoms with Gasteiger partial charge in [0.25, 0.3) is 0 Å². The Morgan fingerprint density at radius 2 is 2.50 bits per heavy atom. The van der Waals surface area contributed by atoms with E-state index >= 15 is 0 Å². The molecular weight excluding hydrogens is 244 g/mol. The van der Waals surface area contributed by atoms with Gasteiger partial charge in [0.1, 0.15) is 17.8 Å². The first kappa shape index (κ1) is 11.9. The summed E-state index contributed by atoms with van der Waals surface area (Å²) in [7, 11) is 1.92. The van der Waals surface area contributed by atoms with Crippen molar-refractivity contribution in [2.24, 2.45) is 11.8 Å². The van der Waals surface area contributed by atoms with E-state index in [1.165, 1.54) is 10.5 Å². The van der Waals surface area contributed by atoms with Crippen LogP contribution in [0.1, 0.15) is 6.42 Å². The Morgan fingerprint density at radius 1 is 1.56 bits per heavy atom. The molecule has 2 heterocycles. The summed E-state index contributed by atoms with van der Waals surface area (Å²) in [6.07, 6.45) is 12.1. The normalized spacial score (nSPS) is 32.6. The lowest BCUT2D eigenvalue weighted by Crippen LogP contribution is -2.75. The van der Waals surface area contributed by atoms with Gasteiger partial charge in [0.2, 0.25) is 0 Å². The van der Waals surface area contributed by atoms with Gasteiger partial charge in [-0.05, 0) is 12.0 Å². The van der Waals surface area contributed by atoms with Gasteiger partial charge in [-0.2, -0.15) is 0 Å². The standard InChI is InChI=1S/C14H18N2OS/c1-15-7-13-11-3-2-4-12(10(11)5-6-17-13)14-8-16-9-18-14/h2-4,7-8,10-11,15-16H,5-6,9H2,1H3/p+1. The number of nitrogens with two attached hydrogens (primary N) is 1. The van der Waals surface area contributed by atoms with Crippen LogP contribution in [-0.2, 0) is 4.74 Å². The summed E-state index contributed by atoms with van der Waals surface area (Å²) in [5, 5.41) is 5.34. The number of hydrogen-bond donors (Lipinski definition) is 2. The summed E-state index contributed by atoms with van der Waals surface area (Å²) < 4.78 is 5.78. The highest BCUT2D eigenvalue weighted by Crippen LogP contribution is 2.43. The van der Waals surface area contributed by atoms with Gasteiger partial charge in [0.15, 0.2) is 0 Å². The van der Waals surface area contributed by atoms with E-state index in [1.54, 1.807) is 0 Å². The van der Waals surface area contributed by atoms with E-state index in [2.05, 4.69) is 35.1 Å². The first-order chi connectivity index (χ1) is 8.90. The molecule has 18 heavy (non-hydrogen) atoms. The van der Waals surface area contributed by atoms with E-state index in [4.69, 9.17) is 4.74 Å². The van der Waals surface area contributed by atoms with Gasteiger partial charge in [-0.1, -0.05) is 30.0 Å². The van der Waals surface area contributed by atoms with Crippen LogP contribution in [0.5, 0.6) is 0 Å². The lowest BCUT2D eigenvalue weighted by molar-refractivity contribution is -0.563. The van der Waals surface area contributed by atoms with Crippen LogP contribution in [0.15, 0.2) is 46.9 Å². The third kappa shape index (κ3) is 2.10. The van der Waals surface area contributed by atoms with Gasteiger partial charge >= 0.3 is 0 Å². The molecule has 96 valence electrons. The fourth-order valence-electron chi connectivity index (χ4n) is 2.82. The third-order valence-electron chi connectivity index (χ3n) is 3.63. The number of fused-ring (bicyclic) bond motifs is 1. The fourth-order valence-corrected chi connectivity index (χ4v) is 3.77. The lowest BCUT2D eigenvalue weighted by Gasteiger charge is -2.35. The number of hydrogen-bond acceptors (Lipinski definition) is 3. The van der Waals surface area contributed by atoms with Crippen LogP contribution >= 0.6 is 11.8 Å². The average molecular weight is 263 g/mol. The summed E-state index contributed by atoms with van der Waals surface area (Å²) in [5.41, 5.74) is 1.49. The number of ether oxygens (including phenoxy) is 1. The topological polar surface area (TPSA) is 37.9 Å². The van der Waals surface area contributed by atoms with Gasteiger partial charge in [-0.15, -0.1) is 0 Å². The largest absolute Gasteiger partial charge is 0.496 e. The van der Waals surface area contributed by atoms with Crippen molar-refractivity contribution in [1.29, 1.82) is 0 Å². The van der Waals surface area contributed by atoms with E-state index in [0.29, 0.717) is 11.8 Å². The van der Waals surface area contributed by atoms with E-state index in [-0.39, 0.29) is 0 Å². The molecule has 0 bridgehead atoms. The van der Waals surface area contributed by atoms with Gasteiger partial charge in [-0.3, -0.25) is 0 Å². The molecule has 3 nitrogen and oxygen atoms in total. The zero-order valence-electron chi connectivity index (χ0n) is 10.6. The number of nitrogens with one attached hydrogen (secondary N) is 1. The Hall–Kier alpha value is -1.13. The monoisotopic (exact) mass is 263 g/mol. The minimum Gasteiger partial charge on any atom is -0.496 e. The second kappa shape index (κ2) is 5.24. The molecule has 2 atom stereocenters. The molecule has 0 spiro atoms. The van der Waals surface area contributed by atoms with E-state index in [0.717, 1.165) is 24.7 Å². The van der Waals surface area contributed by atoms with Crippen molar-refractivity contribution in [1.82, 2.24) is 5.32 Å². The minimum atomic E-state index is 0.397. The second-order valence-electron chi connectivity index (χ2n) is 4.69. The number of rotatable bonds is 2. The maximum Gasteiger partial charge on any atom is 0.131 e. The van der Waals surface area contributed by atoms with Crippen molar-refractivity contribution in [3.8, 4) is 0 Å². The molecule has 0 radical (unpaired) electrons. The van der Waals surface area contributed by atoms with E-state index in [9.17, 15) is 0 Å². The highest BCUT2D eigenvalue weighted by atomic mass is 32.2. The van der Waals surface area contributed by atoms with Gasteiger partial charge in [0, 0.05) is 25.1 Å². The van der Waals surface area contributed by atoms with Crippen molar-refractivity contribution in [2.75, 3.05) is 19.5 Å². The Kier molecular flexibility index (Phi) is 3.48. The molecule has 1 fully saturated rings. The first-order valence-electron chi connectivity index (χ1n) is 6.45. The smallest absolute Gasteiger partial charge is 0.131 e. The second-order valence-corrected chi connectivity index (χ2v) is 5.75.